The predicted octanol–water partition coefficient (Wildman–Crippen LogP) is 9.51. The van der Waals surface area contributed by atoms with Gasteiger partial charge in [0.1, 0.15) is 11.5 Å². The summed E-state index contributed by atoms with van der Waals surface area (Å²) in [6, 6.07) is 18.7. The van der Waals surface area contributed by atoms with Crippen molar-refractivity contribution in [2.75, 3.05) is 14.2 Å². The highest BCUT2D eigenvalue weighted by molar-refractivity contribution is 5.52. The van der Waals surface area contributed by atoms with E-state index in [1.54, 1.807) is 12.1 Å². The van der Waals surface area contributed by atoms with E-state index in [0.717, 1.165) is 33.4 Å². The van der Waals surface area contributed by atoms with E-state index >= 15 is 0 Å². The summed E-state index contributed by atoms with van der Waals surface area (Å²) in [7, 11) is 3.05. The van der Waals surface area contributed by atoms with E-state index in [2.05, 4.69) is 41.5 Å². The third-order valence-corrected chi connectivity index (χ3v) is 8.23. The molecule has 0 aliphatic carbocycles. The van der Waals surface area contributed by atoms with Crippen LogP contribution < -0.4 is 9.47 Å². The summed E-state index contributed by atoms with van der Waals surface area (Å²) in [5, 5.41) is 39.3. The van der Waals surface area contributed by atoms with Crippen LogP contribution in [0.5, 0.6) is 34.5 Å². The van der Waals surface area contributed by atoms with Crippen molar-refractivity contribution in [1.82, 2.24) is 0 Å². The van der Waals surface area contributed by atoms with Gasteiger partial charge in [-0.1, -0.05) is 84.4 Å². The molecule has 0 aliphatic heterocycles. The fourth-order valence-electron chi connectivity index (χ4n) is 5.10. The van der Waals surface area contributed by atoms with Crippen LogP contribution in [0.3, 0.4) is 0 Å². The van der Waals surface area contributed by atoms with Gasteiger partial charge in [-0.2, -0.15) is 0 Å². The van der Waals surface area contributed by atoms with Gasteiger partial charge in [-0.05, 0) is 96.5 Å². The summed E-state index contributed by atoms with van der Waals surface area (Å²) in [5.74, 6) is 1.83. The SMILES string of the molecule is CCC.COc1cc(C(C)(C)c2ccc(O)c(OC)c2)ccc1O.Cc1cc(C(C)(C)c2cc(C)c(O)c(C)c2)cc(C)c1O. The number of phenols is 4. The first kappa shape index (κ1) is 36.9. The third kappa shape index (κ3) is 8.44. The van der Waals surface area contributed by atoms with Crippen molar-refractivity contribution < 1.29 is 29.9 Å². The second-order valence-electron chi connectivity index (χ2n) is 12.6. The lowest BCUT2D eigenvalue weighted by Crippen LogP contribution is -2.19. The molecule has 0 saturated heterocycles. The largest absolute Gasteiger partial charge is 0.507 e. The van der Waals surface area contributed by atoms with Crippen LogP contribution in [0.4, 0.5) is 0 Å². The maximum Gasteiger partial charge on any atom is 0.160 e. The maximum absolute atomic E-state index is 9.96. The Labute approximate surface area is 269 Å². The number of phenolic OH excluding ortho intramolecular Hbond substituents is 4. The number of benzene rings is 4. The predicted molar refractivity (Wildman–Crippen MR) is 185 cm³/mol. The molecule has 4 N–H and O–H groups in total. The number of methoxy groups -OCH3 is 2. The minimum atomic E-state index is -0.331. The van der Waals surface area contributed by atoms with Gasteiger partial charge < -0.3 is 29.9 Å². The molecule has 0 amide bonds. The maximum atomic E-state index is 9.96. The van der Waals surface area contributed by atoms with E-state index in [1.165, 1.54) is 31.8 Å². The Bertz CT molecular complexity index is 1440. The van der Waals surface area contributed by atoms with Crippen molar-refractivity contribution in [3.63, 3.8) is 0 Å². The zero-order valence-corrected chi connectivity index (χ0v) is 29.1. The van der Waals surface area contributed by atoms with E-state index in [-0.39, 0.29) is 22.3 Å². The van der Waals surface area contributed by atoms with Crippen LogP contribution in [0.2, 0.25) is 0 Å². The molecule has 4 rings (SSSR count). The van der Waals surface area contributed by atoms with Gasteiger partial charge >= 0.3 is 0 Å². The summed E-state index contributed by atoms with van der Waals surface area (Å²) in [4.78, 5) is 0. The molecule has 4 aromatic carbocycles. The zero-order chi connectivity index (χ0) is 34.3. The van der Waals surface area contributed by atoms with Gasteiger partial charge in [0.25, 0.3) is 0 Å². The Kier molecular flexibility index (Phi) is 12.4. The van der Waals surface area contributed by atoms with Gasteiger partial charge in [-0.15, -0.1) is 0 Å². The molecule has 6 heteroatoms. The van der Waals surface area contributed by atoms with Crippen LogP contribution in [0.1, 0.15) is 92.5 Å². The molecule has 0 spiro atoms. The number of aromatic hydroxyl groups is 4. The number of hydrogen-bond acceptors (Lipinski definition) is 6. The highest BCUT2D eigenvalue weighted by Crippen LogP contribution is 2.40. The Morgan fingerprint density at radius 3 is 1.02 bits per heavy atom. The van der Waals surface area contributed by atoms with Crippen LogP contribution in [0, 0.1) is 27.7 Å². The monoisotopic (exact) mass is 616 g/mol. The second-order valence-corrected chi connectivity index (χ2v) is 12.6. The minimum Gasteiger partial charge on any atom is -0.507 e. The van der Waals surface area contributed by atoms with Gasteiger partial charge in [-0.3, -0.25) is 0 Å². The van der Waals surface area contributed by atoms with Crippen LogP contribution >= 0.6 is 0 Å². The first-order valence-electron chi connectivity index (χ1n) is 15.3. The summed E-state index contributed by atoms with van der Waals surface area (Å²) in [6.07, 6.45) is 1.25. The number of rotatable bonds is 6. The lowest BCUT2D eigenvalue weighted by molar-refractivity contribution is 0.370. The smallest absolute Gasteiger partial charge is 0.160 e. The highest BCUT2D eigenvalue weighted by Gasteiger charge is 2.27. The lowest BCUT2D eigenvalue weighted by atomic mass is 9.76. The first-order valence-corrected chi connectivity index (χ1v) is 15.3. The molecule has 0 heterocycles. The van der Waals surface area contributed by atoms with Crippen molar-refractivity contribution in [3.05, 3.63) is 105 Å². The van der Waals surface area contributed by atoms with E-state index in [1.807, 2.05) is 76.2 Å². The Balaban J connectivity index is 0.000000288. The van der Waals surface area contributed by atoms with Gasteiger partial charge in [0.15, 0.2) is 23.0 Å². The van der Waals surface area contributed by atoms with Crippen molar-refractivity contribution in [2.45, 2.75) is 86.5 Å². The fraction of sp³-hybridized carbons (Fsp3) is 0.385. The van der Waals surface area contributed by atoms with E-state index in [4.69, 9.17) is 9.47 Å². The molecular formula is C39H52O6. The van der Waals surface area contributed by atoms with Gasteiger partial charge in [0.2, 0.25) is 0 Å². The topological polar surface area (TPSA) is 99.4 Å². The highest BCUT2D eigenvalue weighted by atomic mass is 16.5. The summed E-state index contributed by atoms with van der Waals surface area (Å²) in [5.41, 5.74) is 7.37. The third-order valence-electron chi connectivity index (χ3n) is 8.23. The molecule has 244 valence electrons. The normalized spacial score (nSPS) is 11.1. The van der Waals surface area contributed by atoms with Crippen molar-refractivity contribution in [3.8, 4) is 34.5 Å². The summed E-state index contributed by atoms with van der Waals surface area (Å²) >= 11 is 0. The molecule has 0 unspecified atom stereocenters. The summed E-state index contributed by atoms with van der Waals surface area (Å²) in [6.45, 7) is 20.4. The van der Waals surface area contributed by atoms with Crippen molar-refractivity contribution in [1.29, 1.82) is 0 Å². The van der Waals surface area contributed by atoms with Crippen LogP contribution in [0.25, 0.3) is 0 Å². The zero-order valence-electron chi connectivity index (χ0n) is 29.1. The van der Waals surface area contributed by atoms with Crippen molar-refractivity contribution >= 4 is 0 Å². The summed E-state index contributed by atoms with van der Waals surface area (Å²) < 4.78 is 10.3. The molecule has 0 fully saturated rings. The molecule has 45 heavy (non-hydrogen) atoms. The number of ether oxygens (including phenoxy) is 2. The Morgan fingerprint density at radius 1 is 0.489 bits per heavy atom. The molecule has 0 aliphatic rings. The lowest BCUT2D eigenvalue weighted by Gasteiger charge is -2.28. The minimum absolute atomic E-state index is 0.111. The second kappa shape index (κ2) is 15.1. The van der Waals surface area contributed by atoms with Gasteiger partial charge in [0.05, 0.1) is 14.2 Å². The van der Waals surface area contributed by atoms with Crippen LogP contribution in [-0.4, -0.2) is 34.6 Å². The molecule has 0 atom stereocenters. The van der Waals surface area contributed by atoms with Crippen molar-refractivity contribution in [2.24, 2.45) is 0 Å². The van der Waals surface area contributed by atoms with Crippen LogP contribution in [-0.2, 0) is 10.8 Å². The molecule has 6 nitrogen and oxygen atoms in total. The van der Waals surface area contributed by atoms with Gasteiger partial charge in [-0.25, -0.2) is 0 Å². The first-order chi connectivity index (χ1) is 21.0. The standard InChI is InChI=1S/C19H24O2.C17H20O4.C3H8/c1-11-7-15(8-12(2)17(11)20)19(5,6)16-9-13(3)18(21)14(4)10-16;1-17(2,11-5-7-13(18)15(9-11)20-3)12-6-8-14(19)16(10-12)21-4;1-3-2/h7-10,20-21H,1-6H3;5-10,18-19H,1-4H3;3H2,1-2H3. The molecule has 4 aromatic rings. The Hall–Kier alpha value is -4.32. The molecule has 0 saturated carbocycles. The van der Waals surface area contributed by atoms with Gasteiger partial charge in [0, 0.05) is 10.8 Å². The quantitative estimate of drug-likeness (QED) is 0.172. The molecular weight excluding hydrogens is 564 g/mol. The van der Waals surface area contributed by atoms with Crippen LogP contribution in [0.15, 0.2) is 60.7 Å². The molecule has 0 bridgehead atoms. The van der Waals surface area contributed by atoms with E-state index in [9.17, 15) is 20.4 Å². The van der Waals surface area contributed by atoms with E-state index < -0.39 is 0 Å². The molecule has 0 radical (unpaired) electrons. The fourth-order valence-corrected chi connectivity index (χ4v) is 5.10. The Morgan fingerprint density at radius 2 is 0.756 bits per heavy atom. The molecule has 0 aromatic heterocycles. The van der Waals surface area contributed by atoms with E-state index in [0.29, 0.717) is 23.0 Å². The average Bonchev–Trinajstić information content (AvgIpc) is 2.99. The number of hydrogen-bond donors (Lipinski definition) is 4. The average molecular weight is 617 g/mol. The number of aryl methyl sites for hydroxylation is 4.